The lowest BCUT2D eigenvalue weighted by molar-refractivity contribution is -0.150. The Morgan fingerprint density at radius 1 is 1.17 bits per heavy atom. The minimum absolute atomic E-state index is 0.293. The molecule has 0 aromatic heterocycles. The molecule has 0 aromatic carbocycles. The SMILES string of the molecule is CCC1(COCCC[Si](CC)(OC)OC)COC1. The van der Waals surface area contributed by atoms with Crippen LogP contribution in [0.1, 0.15) is 26.7 Å². The van der Waals surface area contributed by atoms with Gasteiger partial charge in [-0.25, -0.2) is 0 Å². The van der Waals surface area contributed by atoms with Gasteiger partial charge in [0, 0.05) is 26.2 Å². The highest BCUT2D eigenvalue weighted by molar-refractivity contribution is 6.67. The van der Waals surface area contributed by atoms with Crippen molar-refractivity contribution in [3.63, 3.8) is 0 Å². The minimum atomic E-state index is -1.92. The van der Waals surface area contributed by atoms with Crippen molar-refractivity contribution in [2.24, 2.45) is 5.41 Å². The Morgan fingerprint density at radius 2 is 1.83 bits per heavy atom. The summed E-state index contributed by atoms with van der Waals surface area (Å²) in [7, 11) is 1.60. The van der Waals surface area contributed by atoms with Gasteiger partial charge in [-0.15, -0.1) is 0 Å². The fourth-order valence-corrected chi connectivity index (χ4v) is 4.45. The Hall–Kier alpha value is 0.0569. The zero-order valence-electron chi connectivity index (χ0n) is 12.3. The van der Waals surface area contributed by atoms with E-state index in [1.54, 1.807) is 14.2 Å². The summed E-state index contributed by atoms with van der Waals surface area (Å²) < 4.78 is 22.2. The summed E-state index contributed by atoms with van der Waals surface area (Å²) in [5.41, 5.74) is 0.293. The average molecular weight is 276 g/mol. The Morgan fingerprint density at radius 3 is 2.22 bits per heavy atom. The van der Waals surface area contributed by atoms with E-state index in [0.717, 1.165) is 51.4 Å². The number of hydrogen-bond donors (Lipinski definition) is 0. The third kappa shape index (κ3) is 4.03. The second-order valence-electron chi connectivity index (χ2n) is 5.17. The third-order valence-electron chi connectivity index (χ3n) is 4.10. The summed E-state index contributed by atoms with van der Waals surface area (Å²) in [6.45, 7) is 7.67. The molecule has 0 saturated carbocycles. The van der Waals surface area contributed by atoms with Crippen molar-refractivity contribution in [1.82, 2.24) is 0 Å². The van der Waals surface area contributed by atoms with E-state index in [1.807, 2.05) is 0 Å². The molecule has 108 valence electrons. The van der Waals surface area contributed by atoms with Crippen LogP contribution in [0.5, 0.6) is 0 Å². The van der Waals surface area contributed by atoms with Crippen LogP contribution in [-0.4, -0.2) is 49.2 Å². The van der Waals surface area contributed by atoms with Crippen LogP contribution in [0.15, 0.2) is 0 Å². The molecule has 0 unspecified atom stereocenters. The highest BCUT2D eigenvalue weighted by Gasteiger charge is 2.37. The maximum Gasteiger partial charge on any atom is 0.337 e. The third-order valence-corrected chi connectivity index (χ3v) is 7.78. The molecule has 0 N–H and O–H groups in total. The predicted molar refractivity (Wildman–Crippen MR) is 74.0 cm³/mol. The maximum absolute atomic E-state index is 5.79. The smallest absolute Gasteiger partial charge is 0.337 e. The number of ether oxygens (including phenoxy) is 2. The average Bonchev–Trinajstić information content (AvgIpc) is 2.37. The van der Waals surface area contributed by atoms with E-state index in [1.165, 1.54) is 0 Å². The Labute approximate surface area is 112 Å². The van der Waals surface area contributed by atoms with Gasteiger partial charge in [-0.2, -0.15) is 0 Å². The lowest BCUT2D eigenvalue weighted by atomic mass is 9.84. The normalized spacial score (nSPS) is 18.7. The molecule has 18 heavy (non-hydrogen) atoms. The van der Waals surface area contributed by atoms with Gasteiger partial charge in [0.2, 0.25) is 0 Å². The number of rotatable bonds is 10. The van der Waals surface area contributed by atoms with Crippen molar-refractivity contribution < 1.29 is 18.3 Å². The summed E-state index contributed by atoms with van der Waals surface area (Å²) in [5, 5.41) is 0. The summed E-state index contributed by atoms with van der Waals surface area (Å²) in [4.78, 5) is 0. The Kier molecular flexibility index (Phi) is 6.80. The van der Waals surface area contributed by atoms with Gasteiger partial charge in [-0.1, -0.05) is 13.8 Å². The molecule has 1 fully saturated rings. The van der Waals surface area contributed by atoms with E-state index in [-0.39, 0.29) is 0 Å². The van der Waals surface area contributed by atoms with Crippen molar-refractivity contribution in [3.05, 3.63) is 0 Å². The molecule has 0 aliphatic carbocycles. The van der Waals surface area contributed by atoms with E-state index in [9.17, 15) is 0 Å². The predicted octanol–water partition coefficient (Wildman–Crippen LogP) is 2.57. The van der Waals surface area contributed by atoms with Gasteiger partial charge in [0.05, 0.1) is 19.8 Å². The monoisotopic (exact) mass is 276 g/mol. The molecule has 0 atom stereocenters. The molecule has 5 heteroatoms. The van der Waals surface area contributed by atoms with Gasteiger partial charge in [0.1, 0.15) is 0 Å². The van der Waals surface area contributed by atoms with Crippen molar-refractivity contribution in [2.75, 3.05) is 40.6 Å². The van der Waals surface area contributed by atoms with Gasteiger partial charge in [-0.3, -0.25) is 0 Å². The van der Waals surface area contributed by atoms with Crippen LogP contribution in [0.4, 0.5) is 0 Å². The largest absolute Gasteiger partial charge is 0.398 e. The quantitative estimate of drug-likeness (QED) is 0.454. The molecule has 0 aromatic rings. The molecule has 0 radical (unpaired) electrons. The molecule has 0 bridgehead atoms. The van der Waals surface area contributed by atoms with Crippen LogP contribution >= 0.6 is 0 Å². The molecule has 1 heterocycles. The second kappa shape index (κ2) is 7.60. The molecule has 0 amide bonds. The van der Waals surface area contributed by atoms with Crippen molar-refractivity contribution in [3.8, 4) is 0 Å². The zero-order valence-corrected chi connectivity index (χ0v) is 13.3. The first-order valence-corrected chi connectivity index (χ1v) is 9.15. The van der Waals surface area contributed by atoms with E-state index in [0.29, 0.717) is 5.41 Å². The van der Waals surface area contributed by atoms with Crippen LogP contribution in [0, 0.1) is 5.41 Å². The summed E-state index contributed by atoms with van der Waals surface area (Å²) in [5.74, 6) is 0. The molecule has 1 aliphatic rings. The first kappa shape index (κ1) is 16.1. The Bertz CT molecular complexity index is 213. The van der Waals surface area contributed by atoms with Crippen LogP contribution in [0.2, 0.25) is 12.1 Å². The Balaban J connectivity index is 2.14. The van der Waals surface area contributed by atoms with Gasteiger partial charge < -0.3 is 18.3 Å². The highest BCUT2D eigenvalue weighted by atomic mass is 28.4. The number of hydrogen-bond acceptors (Lipinski definition) is 4. The second-order valence-corrected chi connectivity index (χ2v) is 9.02. The summed E-state index contributed by atoms with van der Waals surface area (Å²) >= 11 is 0. The summed E-state index contributed by atoms with van der Waals surface area (Å²) in [6, 6.07) is 2.00. The first-order valence-electron chi connectivity index (χ1n) is 6.91. The highest BCUT2D eigenvalue weighted by Crippen LogP contribution is 2.31. The van der Waals surface area contributed by atoms with Gasteiger partial charge in [-0.05, 0) is 24.9 Å². The minimum Gasteiger partial charge on any atom is -0.398 e. The van der Waals surface area contributed by atoms with Gasteiger partial charge in [0.15, 0.2) is 0 Å². The van der Waals surface area contributed by atoms with Crippen molar-refractivity contribution >= 4 is 8.56 Å². The van der Waals surface area contributed by atoms with Crippen molar-refractivity contribution in [2.45, 2.75) is 38.8 Å². The van der Waals surface area contributed by atoms with E-state index < -0.39 is 8.56 Å². The lowest BCUT2D eigenvalue weighted by Gasteiger charge is -2.40. The van der Waals surface area contributed by atoms with E-state index in [2.05, 4.69) is 13.8 Å². The first-order chi connectivity index (χ1) is 8.66. The van der Waals surface area contributed by atoms with E-state index in [4.69, 9.17) is 18.3 Å². The fourth-order valence-electron chi connectivity index (χ4n) is 2.27. The molecule has 1 saturated heterocycles. The van der Waals surface area contributed by atoms with Crippen LogP contribution in [0.25, 0.3) is 0 Å². The molecular weight excluding hydrogens is 248 g/mol. The fraction of sp³-hybridized carbons (Fsp3) is 1.00. The topological polar surface area (TPSA) is 36.9 Å². The molecule has 1 aliphatic heterocycles. The summed E-state index contributed by atoms with van der Waals surface area (Å²) in [6.07, 6.45) is 2.15. The molecule has 4 nitrogen and oxygen atoms in total. The van der Waals surface area contributed by atoms with Gasteiger partial charge >= 0.3 is 8.56 Å². The van der Waals surface area contributed by atoms with Crippen LogP contribution < -0.4 is 0 Å². The van der Waals surface area contributed by atoms with Crippen LogP contribution in [0.3, 0.4) is 0 Å². The van der Waals surface area contributed by atoms with E-state index >= 15 is 0 Å². The van der Waals surface area contributed by atoms with Crippen LogP contribution in [-0.2, 0) is 18.3 Å². The molecule has 0 spiro atoms. The standard InChI is InChI=1S/C13H28O4Si/c1-5-13(11-17-12-13)10-16-8-7-9-18(6-2,14-3)15-4/h5-12H2,1-4H3. The van der Waals surface area contributed by atoms with Crippen molar-refractivity contribution in [1.29, 1.82) is 0 Å². The zero-order chi connectivity index (χ0) is 13.5. The molecule has 1 rings (SSSR count). The lowest BCUT2D eigenvalue weighted by Crippen LogP contribution is -2.45. The maximum atomic E-state index is 5.79. The van der Waals surface area contributed by atoms with Gasteiger partial charge in [0.25, 0.3) is 0 Å². The molecular formula is C13H28O4Si.